The minimum absolute atomic E-state index is 0.185. The van der Waals surface area contributed by atoms with E-state index in [1.54, 1.807) is 0 Å². The minimum Gasteiger partial charge on any atom is -0.493 e. The molecule has 3 aromatic rings. The van der Waals surface area contributed by atoms with E-state index in [1.165, 1.54) is 18.2 Å². The Hall–Kier alpha value is -3.82. The number of halogens is 5. The maximum Gasteiger partial charge on any atom is 0.573 e. The number of hydrogen-bond donors (Lipinski definition) is 1. The molecular formula is C21H13F5O5. The molecule has 0 aliphatic heterocycles. The molecule has 31 heavy (non-hydrogen) atoms. The molecule has 0 aliphatic carbocycles. The molecule has 162 valence electrons. The first-order valence-corrected chi connectivity index (χ1v) is 8.52. The Morgan fingerprint density at radius 3 is 2.13 bits per heavy atom. The van der Waals surface area contributed by atoms with Crippen molar-refractivity contribution in [3.8, 4) is 34.1 Å². The van der Waals surface area contributed by atoms with Crippen LogP contribution in [0.5, 0.6) is 23.0 Å². The second-order valence-corrected chi connectivity index (χ2v) is 6.11. The zero-order chi connectivity index (χ0) is 22.8. The van der Waals surface area contributed by atoms with Crippen LogP contribution in [0.1, 0.15) is 10.4 Å². The Balaban J connectivity index is 2.05. The third-order valence-electron chi connectivity index (χ3n) is 4.03. The van der Waals surface area contributed by atoms with Gasteiger partial charge in [0.15, 0.2) is 11.5 Å². The summed E-state index contributed by atoms with van der Waals surface area (Å²) in [7, 11) is 1.15. The second kappa shape index (κ2) is 8.50. The van der Waals surface area contributed by atoms with Crippen LogP contribution in [0, 0.1) is 11.6 Å². The van der Waals surface area contributed by atoms with Gasteiger partial charge < -0.3 is 19.3 Å². The fourth-order valence-electron chi connectivity index (χ4n) is 2.73. The van der Waals surface area contributed by atoms with Gasteiger partial charge in [-0.25, -0.2) is 13.6 Å². The average Bonchev–Trinajstić information content (AvgIpc) is 2.67. The predicted molar refractivity (Wildman–Crippen MR) is 98.5 cm³/mol. The van der Waals surface area contributed by atoms with Crippen molar-refractivity contribution in [1.29, 1.82) is 0 Å². The van der Waals surface area contributed by atoms with Crippen molar-refractivity contribution in [3.05, 3.63) is 71.8 Å². The lowest BCUT2D eigenvalue weighted by Gasteiger charge is -2.16. The zero-order valence-electron chi connectivity index (χ0n) is 15.7. The van der Waals surface area contributed by atoms with Crippen molar-refractivity contribution >= 4 is 5.97 Å². The van der Waals surface area contributed by atoms with Crippen LogP contribution in [0.15, 0.2) is 54.6 Å². The van der Waals surface area contributed by atoms with Gasteiger partial charge in [0.25, 0.3) is 0 Å². The highest BCUT2D eigenvalue weighted by atomic mass is 19.4. The molecule has 0 amide bonds. The first-order chi connectivity index (χ1) is 14.6. The fraction of sp³-hybridized carbons (Fsp3) is 0.0952. The number of aromatic carboxylic acids is 1. The highest BCUT2D eigenvalue weighted by Crippen LogP contribution is 2.39. The third kappa shape index (κ3) is 5.21. The molecule has 0 fully saturated rings. The normalized spacial score (nSPS) is 11.2. The van der Waals surface area contributed by atoms with Gasteiger partial charge in [-0.05, 0) is 47.5 Å². The minimum atomic E-state index is -4.93. The summed E-state index contributed by atoms with van der Waals surface area (Å²) in [6.45, 7) is 0. The van der Waals surface area contributed by atoms with E-state index in [-0.39, 0.29) is 17.1 Å². The van der Waals surface area contributed by atoms with E-state index < -0.39 is 41.0 Å². The van der Waals surface area contributed by atoms with E-state index in [0.29, 0.717) is 5.56 Å². The zero-order valence-corrected chi connectivity index (χ0v) is 15.7. The van der Waals surface area contributed by atoms with Crippen LogP contribution in [0.25, 0.3) is 11.1 Å². The molecule has 0 atom stereocenters. The summed E-state index contributed by atoms with van der Waals surface area (Å²) in [5, 5.41) is 9.37. The molecule has 0 heterocycles. The Morgan fingerprint density at radius 1 is 0.871 bits per heavy atom. The third-order valence-corrected chi connectivity index (χ3v) is 4.03. The number of carboxylic acids is 1. The maximum atomic E-state index is 14.6. The molecule has 0 aliphatic rings. The number of methoxy groups -OCH3 is 1. The van der Waals surface area contributed by atoms with Crippen molar-refractivity contribution in [1.82, 2.24) is 0 Å². The lowest BCUT2D eigenvalue weighted by Crippen LogP contribution is -2.17. The van der Waals surface area contributed by atoms with Crippen LogP contribution in [0.2, 0.25) is 0 Å². The molecule has 0 bridgehead atoms. The van der Waals surface area contributed by atoms with Crippen LogP contribution < -0.4 is 14.2 Å². The summed E-state index contributed by atoms with van der Waals surface area (Å²) < 4.78 is 79.2. The van der Waals surface area contributed by atoms with Gasteiger partial charge in [0.05, 0.1) is 7.11 Å². The predicted octanol–water partition coefficient (Wildman–Crippen LogP) is 6.03. The molecule has 3 aromatic carbocycles. The average molecular weight is 440 g/mol. The number of carboxylic acid groups (broad SMARTS) is 1. The number of ether oxygens (including phenoxy) is 3. The molecule has 0 saturated carbocycles. The SMILES string of the molecule is COc1cc(OC(F)(F)F)ccc1Oc1cc(-c2ccc(F)cc2)cc(F)c1C(=O)O. The topological polar surface area (TPSA) is 65.0 Å². The standard InChI is InChI=1S/C21H13F5O5/c1-29-17-10-14(31-21(24,25)26)6-7-16(17)30-18-9-12(8-15(23)19(18)20(27)28)11-2-4-13(22)5-3-11/h2-10H,1H3,(H,27,28). The van der Waals surface area contributed by atoms with E-state index in [4.69, 9.17) is 9.47 Å². The molecule has 0 spiro atoms. The molecule has 10 heteroatoms. The number of alkyl halides is 3. The van der Waals surface area contributed by atoms with Gasteiger partial charge in [0.2, 0.25) is 0 Å². The highest BCUT2D eigenvalue weighted by Gasteiger charge is 2.31. The van der Waals surface area contributed by atoms with Crippen molar-refractivity contribution in [2.24, 2.45) is 0 Å². The monoisotopic (exact) mass is 440 g/mol. The van der Waals surface area contributed by atoms with E-state index >= 15 is 0 Å². The summed E-state index contributed by atoms with van der Waals surface area (Å²) in [4.78, 5) is 11.5. The molecule has 0 radical (unpaired) electrons. The number of rotatable bonds is 6. The van der Waals surface area contributed by atoms with E-state index in [1.807, 2.05) is 0 Å². The van der Waals surface area contributed by atoms with Crippen LogP contribution in [0.3, 0.4) is 0 Å². The second-order valence-electron chi connectivity index (χ2n) is 6.11. The van der Waals surface area contributed by atoms with Gasteiger partial charge in [0.1, 0.15) is 28.7 Å². The highest BCUT2D eigenvalue weighted by molar-refractivity contribution is 5.92. The summed E-state index contributed by atoms with van der Waals surface area (Å²) in [5.41, 5.74) is -0.236. The smallest absolute Gasteiger partial charge is 0.493 e. The number of benzene rings is 3. The van der Waals surface area contributed by atoms with Crippen LogP contribution in [0.4, 0.5) is 22.0 Å². The van der Waals surface area contributed by atoms with Crippen LogP contribution in [-0.4, -0.2) is 24.5 Å². The Morgan fingerprint density at radius 2 is 1.55 bits per heavy atom. The Kier molecular flexibility index (Phi) is 6.00. The first-order valence-electron chi connectivity index (χ1n) is 8.52. The molecule has 0 aromatic heterocycles. The fourth-order valence-corrected chi connectivity index (χ4v) is 2.73. The lowest BCUT2D eigenvalue weighted by molar-refractivity contribution is -0.274. The lowest BCUT2D eigenvalue weighted by atomic mass is 10.0. The molecule has 0 unspecified atom stereocenters. The summed E-state index contributed by atoms with van der Waals surface area (Å²) in [6.07, 6.45) is -4.93. The summed E-state index contributed by atoms with van der Waals surface area (Å²) >= 11 is 0. The van der Waals surface area contributed by atoms with Gasteiger partial charge in [0, 0.05) is 6.07 Å². The van der Waals surface area contributed by atoms with Crippen molar-refractivity contribution in [2.45, 2.75) is 6.36 Å². The molecule has 1 N–H and O–H groups in total. The van der Waals surface area contributed by atoms with Crippen molar-refractivity contribution in [2.75, 3.05) is 7.11 Å². The Labute approximate surface area is 172 Å². The van der Waals surface area contributed by atoms with Crippen molar-refractivity contribution in [3.63, 3.8) is 0 Å². The van der Waals surface area contributed by atoms with Gasteiger partial charge >= 0.3 is 12.3 Å². The van der Waals surface area contributed by atoms with E-state index in [0.717, 1.165) is 43.5 Å². The van der Waals surface area contributed by atoms with Crippen LogP contribution in [-0.2, 0) is 0 Å². The van der Waals surface area contributed by atoms with Gasteiger partial charge in [-0.2, -0.15) is 0 Å². The van der Waals surface area contributed by atoms with Gasteiger partial charge in [-0.1, -0.05) is 12.1 Å². The van der Waals surface area contributed by atoms with Gasteiger partial charge in [-0.15, -0.1) is 13.2 Å². The number of hydrogen-bond acceptors (Lipinski definition) is 4. The van der Waals surface area contributed by atoms with E-state index in [9.17, 15) is 31.9 Å². The van der Waals surface area contributed by atoms with E-state index in [2.05, 4.69) is 4.74 Å². The summed E-state index contributed by atoms with van der Waals surface area (Å²) in [5.74, 6) is -4.71. The summed E-state index contributed by atoms with van der Waals surface area (Å²) in [6, 6.07) is 10.0. The molecule has 5 nitrogen and oxygen atoms in total. The largest absolute Gasteiger partial charge is 0.573 e. The first kappa shape index (κ1) is 21.9. The van der Waals surface area contributed by atoms with Crippen molar-refractivity contribution < 1.29 is 46.1 Å². The van der Waals surface area contributed by atoms with Crippen LogP contribution >= 0.6 is 0 Å². The molecular weight excluding hydrogens is 427 g/mol. The number of carbonyl (C=O) groups is 1. The maximum absolute atomic E-state index is 14.6. The van der Waals surface area contributed by atoms with Gasteiger partial charge in [-0.3, -0.25) is 0 Å². The molecule has 0 saturated heterocycles. The molecule has 3 rings (SSSR count). The quantitative estimate of drug-likeness (QED) is 0.474. The Bertz CT molecular complexity index is 1110.